The Balaban J connectivity index is 1.38. The number of aromatic nitrogens is 2. The maximum atomic E-state index is 7.29. The van der Waals surface area contributed by atoms with Gasteiger partial charge in [0, 0.05) is 61.6 Å². The van der Waals surface area contributed by atoms with Gasteiger partial charge in [-0.3, -0.25) is 9.97 Å². The van der Waals surface area contributed by atoms with Gasteiger partial charge in [-0.15, -0.1) is 0 Å². The van der Waals surface area contributed by atoms with E-state index < -0.39 is 0 Å². The van der Waals surface area contributed by atoms with Crippen molar-refractivity contribution in [2.75, 3.05) is 0 Å². The number of nitrogens with zero attached hydrogens (tertiary/aromatic N) is 2. The lowest BCUT2D eigenvalue weighted by Gasteiger charge is -2.29. The van der Waals surface area contributed by atoms with Crippen molar-refractivity contribution in [2.24, 2.45) is 0 Å². The highest BCUT2D eigenvalue weighted by Crippen LogP contribution is 2.45. The first-order valence-electron chi connectivity index (χ1n) is 27.2. The summed E-state index contributed by atoms with van der Waals surface area (Å²) < 4.78 is 29.1. The fraction of sp³-hybridized carbons (Fsp3) is 0.343. The second kappa shape index (κ2) is 22.2. The molecule has 6 heteroatoms. The summed E-state index contributed by atoms with van der Waals surface area (Å²) in [5.41, 5.74) is 17.4. The van der Waals surface area contributed by atoms with E-state index in [-0.39, 0.29) is 21.7 Å². The summed E-state index contributed by atoms with van der Waals surface area (Å²) in [6.07, 6.45) is 9.72. The highest BCUT2D eigenvalue weighted by molar-refractivity contribution is 5.60. The van der Waals surface area contributed by atoms with Crippen LogP contribution >= 0.6 is 0 Å². The van der Waals surface area contributed by atoms with Crippen molar-refractivity contribution in [3.63, 3.8) is 0 Å². The highest BCUT2D eigenvalue weighted by atomic mass is 16.5. The van der Waals surface area contributed by atoms with Crippen molar-refractivity contribution in [1.82, 2.24) is 9.97 Å². The summed E-state index contributed by atoms with van der Waals surface area (Å²) in [6, 6.07) is 48.3. The van der Waals surface area contributed by atoms with Crippen molar-refractivity contribution in [3.05, 3.63) is 247 Å². The third-order valence-corrected chi connectivity index (χ3v) is 14.6. The van der Waals surface area contributed by atoms with Crippen LogP contribution in [0.3, 0.4) is 0 Å². The lowest BCUT2D eigenvalue weighted by molar-refractivity contribution is 0.292. The zero-order valence-corrected chi connectivity index (χ0v) is 47.2. The van der Waals surface area contributed by atoms with Gasteiger partial charge in [-0.1, -0.05) is 204 Å². The van der Waals surface area contributed by atoms with Crippen LogP contribution < -0.4 is 18.9 Å². The normalized spacial score (nSPS) is 13.0. The molecule has 0 fully saturated rings. The molecular weight excluding hydrogens is 933 g/mol. The smallest absolute Gasteiger partial charge is 0.126 e. The molecule has 6 aromatic carbocycles. The Morgan fingerprint density at radius 1 is 0.303 bits per heavy atom. The average molecular weight is 1010 g/mol. The van der Waals surface area contributed by atoms with E-state index in [1.165, 1.54) is 22.3 Å². The van der Waals surface area contributed by atoms with Crippen LogP contribution in [0.15, 0.2) is 158 Å². The van der Waals surface area contributed by atoms with Gasteiger partial charge in [-0.25, -0.2) is 0 Å². The van der Waals surface area contributed by atoms with E-state index in [0.29, 0.717) is 52.1 Å². The molecular formula is C70H78N2O4. The number of hydrogen-bond donors (Lipinski definition) is 0. The van der Waals surface area contributed by atoms with E-state index in [4.69, 9.17) is 18.9 Å². The lowest BCUT2D eigenvalue weighted by Crippen LogP contribution is -2.17. The van der Waals surface area contributed by atoms with E-state index in [2.05, 4.69) is 214 Å². The molecule has 76 heavy (non-hydrogen) atoms. The monoisotopic (exact) mass is 1010 g/mol. The number of ether oxygens (including phenoxy) is 4. The summed E-state index contributed by atoms with van der Waals surface area (Å²) in [5, 5.41) is 0. The minimum Gasteiger partial charge on any atom is -0.488 e. The van der Waals surface area contributed by atoms with Crippen molar-refractivity contribution >= 4 is 0 Å². The van der Waals surface area contributed by atoms with Gasteiger partial charge in [0.25, 0.3) is 0 Å². The molecule has 6 nitrogen and oxygen atoms in total. The van der Waals surface area contributed by atoms with Crippen LogP contribution in [0.4, 0.5) is 0 Å². The van der Waals surface area contributed by atoms with Gasteiger partial charge in [0.05, 0.1) is 0 Å². The summed E-state index contributed by atoms with van der Waals surface area (Å²) in [5.74, 6) is 3.54. The molecule has 0 saturated heterocycles. The third-order valence-electron chi connectivity index (χ3n) is 14.6. The van der Waals surface area contributed by atoms with Crippen molar-refractivity contribution in [2.45, 2.75) is 157 Å². The Kier molecular flexibility index (Phi) is 15.7. The predicted molar refractivity (Wildman–Crippen MR) is 310 cm³/mol. The van der Waals surface area contributed by atoms with Crippen molar-refractivity contribution in [3.8, 4) is 23.0 Å². The topological polar surface area (TPSA) is 62.7 Å². The van der Waals surface area contributed by atoms with E-state index in [1.54, 1.807) is 0 Å². The average Bonchev–Trinajstić information content (AvgIpc) is 3.41. The largest absolute Gasteiger partial charge is 0.488 e. The highest BCUT2D eigenvalue weighted by Gasteiger charge is 2.30. The minimum atomic E-state index is -0.179. The molecule has 0 unspecified atom stereocenters. The minimum absolute atomic E-state index is 0.179. The molecule has 0 atom stereocenters. The third kappa shape index (κ3) is 13.1. The summed E-state index contributed by atoms with van der Waals surface area (Å²) in [4.78, 5) is 8.98. The van der Waals surface area contributed by atoms with Gasteiger partial charge in [-0.05, 0) is 112 Å². The number of fused-ring (bicyclic) bond motifs is 8. The number of benzene rings is 6. The molecule has 0 spiro atoms. The molecule has 0 saturated carbocycles. The number of pyridine rings is 2. The molecule has 0 aliphatic heterocycles. The molecule has 2 aromatic heterocycles. The quantitative estimate of drug-likeness (QED) is 0.122. The van der Waals surface area contributed by atoms with Gasteiger partial charge in [0.2, 0.25) is 0 Å². The van der Waals surface area contributed by atoms with Gasteiger partial charge in [-0.2, -0.15) is 0 Å². The molecule has 9 rings (SSSR count). The molecule has 0 radical (unpaired) electrons. The molecule has 2 heterocycles. The Morgan fingerprint density at radius 3 is 0.737 bits per heavy atom. The molecule has 392 valence electrons. The molecule has 1 aliphatic rings. The van der Waals surface area contributed by atoms with Gasteiger partial charge in [0.15, 0.2) is 0 Å². The Bertz CT molecular complexity index is 2730. The van der Waals surface area contributed by atoms with Crippen molar-refractivity contribution in [1.29, 1.82) is 0 Å². The molecule has 1 aliphatic carbocycles. The molecule has 8 bridgehead atoms. The zero-order chi connectivity index (χ0) is 53.8. The van der Waals surface area contributed by atoms with E-state index in [0.717, 1.165) is 89.8 Å². The maximum Gasteiger partial charge on any atom is 0.126 e. The van der Waals surface area contributed by atoms with E-state index in [1.807, 2.05) is 36.9 Å². The van der Waals surface area contributed by atoms with Crippen LogP contribution in [0.5, 0.6) is 23.0 Å². The fourth-order valence-electron chi connectivity index (χ4n) is 10.1. The second-order valence-electron chi connectivity index (χ2n) is 25.1. The Morgan fingerprint density at radius 2 is 0.526 bits per heavy atom. The standard InChI is InChI=1S/C70H78N2O4/c1-67(2,3)59-33-51-29-55-37-61(69(7,8)9)39-57(65(55)75-45-49-25-19-27-71-41-49)31-53-35-60(68(4,5)6)36-54(64(53)74-44-48-23-17-14-18-24-48)32-58-40-62(70(10,11)12)38-56(66(58)76-46-50-26-20-28-72-42-50)30-52(34-59)63(51)73-43-47-21-15-13-16-22-47/h13-28,33-42H,29-32,43-46H2,1-12H3. The van der Waals surface area contributed by atoms with Gasteiger partial charge < -0.3 is 18.9 Å². The number of rotatable bonds is 12. The Labute approximate surface area is 453 Å². The van der Waals surface area contributed by atoms with Crippen LogP contribution in [-0.4, -0.2) is 9.97 Å². The number of hydrogen-bond acceptors (Lipinski definition) is 6. The predicted octanol–water partition coefficient (Wildman–Crippen LogP) is 16.7. The SMILES string of the molecule is CC(C)(C)c1cc2c(OCc3ccccc3)c(c1)Cc1cc(C(C)(C)C)cc(c1OCc1cccnc1)Cc1cc(C(C)(C)C)cc(c1OCc1ccccc1)Cc1cc(C(C)(C)C)cc(c1OCc1cccnc1)C2. The molecule has 0 amide bonds. The summed E-state index contributed by atoms with van der Waals surface area (Å²) in [6.45, 7) is 29.3. The first kappa shape index (κ1) is 53.6. The van der Waals surface area contributed by atoms with Crippen LogP contribution in [0.2, 0.25) is 0 Å². The van der Waals surface area contributed by atoms with Crippen molar-refractivity contribution < 1.29 is 18.9 Å². The lowest BCUT2D eigenvalue weighted by atomic mass is 9.79. The molecule has 8 aromatic rings. The van der Waals surface area contributed by atoms with E-state index >= 15 is 0 Å². The second-order valence-corrected chi connectivity index (χ2v) is 25.1. The summed E-state index contributed by atoms with van der Waals surface area (Å²) in [7, 11) is 0. The zero-order valence-electron chi connectivity index (χ0n) is 47.2. The Hall–Kier alpha value is -7.18. The first-order chi connectivity index (χ1) is 36.2. The maximum absolute atomic E-state index is 7.29. The fourth-order valence-corrected chi connectivity index (χ4v) is 10.1. The first-order valence-corrected chi connectivity index (χ1v) is 27.2. The van der Waals surface area contributed by atoms with Crippen LogP contribution in [0.1, 0.15) is 172 Å². The molecule has 0 N–H and O–H groups in total. The van der Waals surface area contributed by atoms with Crippen LogP contribution in [-0.2, 0) is 73.8 Å². The van der Waals surface area contributed by atoms with Crippen LogP contribution in [0, 0.1) is 0 Å². The van der Waals surface area contributed by atoms with E-state index in [9.17, 15) is 0 Å². The van der Waals surface area contributed by atoms with Gasteiger partial charge in [0.1, 0.15) is 49.4 Å². The summed E-state index contributed by atoms with van der Waals surface area (Å²) >= 11 is 0. The van der Waals surface area contributed by atoms with Gasteiger partial charge >= 0.3 is 0 Å². The van der Waals surface area contributed by atoms with Crippen LogP contribution in [0.25, 0.3) is 0 Å².